The number of piperidine rings is 2. The maximum atomic E-state index is 12.8. The number of amides is 1. The highest BCUT2D eigenvalue weighted by atomic mass is 16.2. The van der Waals surface area contributed by atoms with Gasteiger partial charge in [-0.05, 0) is 57.0 Å². The summed E-state index contributed by atoms with van der Waals surface area (Å²) in [4.78, 5) is 15.1. The van der Waals surface area contributed by atoms with E-state index in [2.05, 4.69) is 17.1 Å². The smallest absolute Gasteiger partial charge is 0.226 e. The fourth-order valence-corrected chi connectivity index (χ4v) is 4.49. The van der Waals surface area contributed by atoms with Crippen molar-refractivity contribution in [2.45, 2.75) is 57.9 Å². The van der Waals surface area contributed by atoms with E-state index in [1.165, 1.54) is 32.1 Å². The lowest BCUT2D eigenvalue weighted by atomic mass is 9.72. The molecule has 0 spiro atoms. The molecule has 3 fully saturated rings. The Labute approximate surface area is 117 Å². The zero-order valence-corrected chi connectivity index (χ0v) is 12.2. The molecule has 19 heavy (non-hydrogen) atoms. The highest BCUT2D eigenvalue weighted by molar-refractivity contribution is 5.79. The van der Waals surface area contributed by atoms with Crippen LogP contribution in [0.15, 0.2) is 0 Å². The molecule has 3 unspecified atom stereocenters. The maximum Gasteiger partial charge on any atom is 0.226 e. The largest absolute Gasteiger partial charge is 0.339 e. The minimum Gasteiger partial charge on any atom is -0.339 e. The van der Waals surface area contributed by atoms with Gasteiger partial charge < -0.3 is 10.2 Å². The molecule has 3 nitrogen and oxygen atoms in total. The molecule has 3 aliphatic rings. The Morgan fingerprint density at radius 1 is 1.05 bits per heavy atom. The summed E-state index contributed by atoms with van der Waals surface area (Å²) in [6.45, 7) is 5.46. The van der Waals surface area contributed by atoms with E-state index >= 15 is 0 Å². The third-order valence-electron chi connectivity index (χ3n) is 5.71. The van der Waals surface area contributed by atoms with E-state index in [1.54, 1.807) is 0 Å². The minimum atomic E-state index is 0.303. The third-order valence-corrected chi connectivity index (χ3v) is 5.71. The van der Waals surface area contributed by atoms with Gasteiger partial charge in [0.15, 0.2) is 0 Å². The van der Waals surface area contributed by atoms with Gasteiger partial charge in [0.2, 0.25) is 5.91 Å². The fraction of sp³-hybridized carbons (Fsp3) is 0.938. The number of nitrogens with one attached hydrogen (secondary N) is 1. The molecule has 0 bridgehead atoms. The number of hydrogen-bond acceptors (Lipinski definition) is 2. The van der Waals surface area contributed by atoms with Crippen molar-refractivity contribution in [1.82, 2.24) is 10.2 Å². The number of carbonyl (C=O) groups is 1. The molecule has 1 amide bonds. The molecule has 1 N–H and O–H groups in total. The van der Waals surface area contributed by atoms with Crippen LogP contribution in [0.4, 0.5) is 0 Å². The van der Waals surface area contributed by atoms with E-state index in [-0.39, 0.29) is 0 Å². The van der Waals surface area contributed by atoms with Crippen molar-refractivity contribution < 1.29 is 4.79 Å². The monoisotopic (exact) mass is 264 g/mol. The maximum absolute atomic E-state index is 12.8. The van der Waals surface area contributed by atoms with Gasteiger partial charge in [0.05, 0.1) is 0 Å². The second-order valence-electron chi connectivity index (χ2n) is 6.84. The normalized spacial score (nSPS) is 36.9. The highest BCUT2D eigenvalue weighted by Crippen LogP contribution is 2.39. The van der Waals surface area contributed by atoms with E-state index in [9.17, 15) is 4.79 Å². The number of fused-ring (bicyclic) bond motifs is 1. The van der Waals surface area contributed by atoms with Crippen LogP contribution in [-0.2, 0) is 4.79 Å². The van der Waals surface area contributed by atoms with Crippen LogP contribution in [0.1, 0.15) is 51.9 Å². The van der Waals surface area contributed by atoms with Gasteiger partial charge in [0.25, 0.3) is 0 Å². The van der Waals surface area contributed by atoms with Gasteiger partial charge >= 0.3 is 0 Å². The summed E-state index contributed by atoms with van der Waals surface area (Å²) >= 11 is 0. The average Bonchev–Trinajstić information content (AvgIpc) is 2.48. The third kappa shape index (κ3) is 2.67. The zero-order chi connectivity index (χ0) is 13.2. The van der Waals surface area contributed by atoms with Crippen LogP contribution in [0.3, 0.4) is 0 Å². The van der Waals surface area contributed by atoms with E-state index < -0.39 is 0 Å². The molecule has 2 aliphatic heterocycles. The van der Waals surface area contributed by atoms with Crippen molar-refractivity contribution in [3.8, 4) is 0 Å². The number of nitrogens with zero attached hydrogens (tertiary/aromatic N) is 1. The van der Waals surface area contributed by atoms with Gasteiger partial charge in [0.1, 0.15) is 0 Å². The van der Waals surface area contributed by atoms with Crippen LogP contribution in [0.25, 0.3) is 0 Å². The van der Waals surface area contributed by atoms with Gasteiger partial charge in [-0.3, -0.25) is 4.79 Å². The minimum absolute atomic E-state index is 0.303. The molecular formula is C16H28N2O. The molecule has 2 saturated heterocycles. The standard InChI is InChI=1S/C16H28N2O/c1-12-8-11-18(15-5-3-2-4-14(12)15)16(19)13-6-9-17-10-7-13/h12-15,17H,2-11H2,1H3. The molecular weight excluding hydrogens is 236 g/mol. The van der Waals surface area contributed by atoms with Gasteiger partial charge in [-0.25, -0.2) is 0 Å². The second-order valence-corrected chi connectivity index (χ2v) is 6.84. The summed E-state index contributed by atoms with van der Waals surface area (Å²) in [5, 5.41) is 3.37. The van der Waals surface area contributed by atoms with Gasteiger partial charge in [-0.15, -0.1) is 0 Å². The molecule has 1 saturated carbocycles. The Bertz CT molecular complexity index is 325. The molecule has 0 aromatic heterocycles. The zero-order valence-electron chi connectivity index (χ0n) is 12.2. The Kier molecular flexibility index (Phi) is 4.11. The van der Waals surface area contributed by atoms with E-state index in [0.29, 0.717) is 17.9 Å². The van der Waals surface area contributed by atoms with Crippen LogP contribution in [0.5, 0.6) is 0 Å². The number of likely N-dealkylation sites (tertiary alicyclic amines) is 1. The summed E-state index contributed by atoms with van der Waals surface area (Å²) in [5.74, 6) is 2.39. The molecule has 3 heteroatoms. The topological polar surface area (TPSA) is 32.3 Å². The molecule has 0 radical (unpaired) electrons. The van der Waals surface area contributed by atoms with Gasteiger partial charge in [-0.2, -0.15) is 0 Å². The number of rotatable bonds is 1. The number of hydrogen-bond donors (Lipinski definition) is 1. The van der Waals surface area contributed by atoms with Gasteiger partial charge in [-0.1, -0.05) is 19.8 Å². The lowest BCUT2D eigenvalue weighted by Crippen LogP contribution is -2.54. The van der Waals surface area contributed by atoms with Crippen LogP contribution in [-0.4, -0.2) is 36.5 Å². The van der Waals surface area contributed by atoms with E-state index in [1.807, 2.05) is 0 Å². The highest BCUT2D eigenvalue weighted by Gasteiger charge is 2.40. The van der Waals surface area contributed by atoms with Crippen molar-refractivity contribution >= 4 is 5.91 Å². The summed E-state index contributed by atoms with van der Waals surface area (Å²) < 4.78 is 0. The Morgan fingerprint density at radius 3 is 2.58 bits per heavy atom. The van der Waals surface area contributed by atoms with Gasteiger partial charge in [0, 0.05) is 18.5 Å². The first kappa shape index (κ1) is 13.4. The molecule has 0 aromatic rings. The summed E-state index contributed by atoms with van der Waals surface area (Å²) in [7, 11) is 0. The van der Waals surface area contributed by atoms with E-state index in [0.717, 1.165) is 44.3 Å². The van der Waals surface area contributed by atoms with Crippen LogP contribution in [0, 0.1) is 17.8 Å². The number of carbonyl (C=O) groups excluding carboxylic acids is 1. The van der Waals surface area contributed by atoms with Crippen molar-refractivity contribution in [3.05, 3.63) is 0 Å². The van der Waals surface area contributed by atoms with Crippen molar-refractivity contribution in [3.63, 3.8) is 0 Å². The summed E-state index contributed by atoms with van der Waals surface area (Å²) in [6, 6.07) is 0.569. The SMILES string of the molecule is CC1CCN(C(=O)C2CCNCC2)C2CCCCC12. The van der Waals surface area contributed by atoms with Crippen LogP contribution in [0.2, 0.25) is 0 Å². The molecule has 2 heterocycles. The Morgan fingerprint density at radius 2 is 1.79 bits per heavy atom. The predicted molar refractivity (Wildman–Crippen MR) is 76.8 cm³/mol. The first-order valence-electron chi connectivity index (χ1n) is 8.28. The first-order valence-corrected chi connectivity index (χ1v) is 8.28. The quantitative estimate of drug-likeness (QED) is 0.789. The van der Waals surface area contributed by atoms with Crippen LogP contribution >= 0.6 is 0 Å². The summed E-state index contributed by atoms with van der Waals surface area (Å²) in [6.07, 6.45) is 8.61. The second kappa shape index (κ2) is 5.82. The lowest BCUT2D eigenvalue weighted by molar-refractivity contribution is -0.144. The van der Waals surface area contributed by atoms with Crippen molar-refractivity contribution in [1.29, 1.82) is 0 Å². The fourth-order valence-electron chi connectivity index (χ4n) is 4.49. The van der Waals surface area contributed by atoms with E-state index in [4.69, 9.17) is 0 Å². The predicted octanol–water partition coefficient (Wildman–Crippen LogP) is 2.41. The van der Waals surface area contributed by atoms with Crippen molar-refractivity contribution in [2.24, 2.45) is 17.8 Å². The Balaban J connectivity index is 1.70. The molecule has 3 rings (SSSR count). The molecule has 0 aromatic carbocycles. The van der Waals surface area contributed by atoms with Crippen LogP contribution < -0.4 is 5.32 Å². The lowest BCUT2D eigenvalue weighted by Gasteiger charge is -2.48. The Hall–Kier alpha value is -0.570. The average molecular weight is 264 g/mol. The van der Waals surface area contributed by atoms with Crippen molar-refractivity contribution in [2.75, 3.05) is 19.6 Å². The molecule has 1 aliphatic carbocycles. The molecule has 108 valence electrons. The first-order chi connectivity index (χ1) is 9.27. The summed E-state index contributed by atoms with van der Waals surface area (Å²) in [5.41, 5.74) is 0. The molecule has 3 atom stereocenters.